The van der Waals surface area contributed by atoms with Crippen molar-refractivity contribution in [3.05, 3.63) is 59.3 Å². The number of hydrogen-bond donors (Lipinski definition) is 1. The zero-order chi connectivity index (χ0) is 26.4. The summed E-state index contributed by atoms with van der Waals surface area (Å²) in [4.78, 5) is 18.6. The standard InChI is InChI=1S/C29H35FN8/c1-18(2)28-22-13-20(5-7-25(22)35-37(28)4)27-23(30)14-31-29(34-27)33-26-8-6-21-17-38(12-10-24(21)32-26)16-19-9-11-36(3)15-19/h5-8,13-14,18-19H,9-12,15-17H2,1-4H3,(H,31,32,33,34)/t19-/m1/s1. The third-order valence-corrected chi connectivity index (χ3v) is 7.82. The zero-order valence-electron chi connectivity index (χ0n) is 22.6. The maximum Gasteiger partial charge on any atom is 0.229 e. The first-order valence-electron chi connectivity index (χ1n) is 13.5. The third kappa shape index (κ3) is 4.88. The molecule has 198 valence electrons. The fraction of sp³-hybridized carbons (Fsp3) is 0.448. The Morgan fingerprint density at radius 3 is 2.76 bits per heavy atom. The largest absolute Gasteiger partial charge is 0.309 e. The fourth-order valence-corrected chi connectivity index (χ4v) is 6.04. The van der Waals surface area contributed by atoms with Crippen molar-refractivity contribution in [2.75, 3.05) is 38.5 Å². The molecule has 2 aliphatic heterocycles. The lowest BCUT2D eigenvalue weighted by atomic mass is 10.0. The van der Waals surface area contributed by atoms with Crippen molar-refractivity contribution in [3.8, 4) is 11.3 Å². The lowest BCUT2D eigenvalue weighted by Gasteiger charge is -2.30. The number of nitrogens with zero attached hydrogens (tertiary/aromatic N) is 7. The number of pyridine rings is 1. The Labute approximate surface area is 222 Å². The number of halogens is 1. The summed E-state index contributed by atoms with van der Waals surface area (Å²) in [5, 5.41) is 8.81. The van der Waals surface area contributed by atoms with Crippen molar-refractivity contribution in [1.29, 1.82) is 0 Å². The molecule has 6 rings (SSSR count). The number of benzene rings is 1. The number of aryl methyl sites for hydroxylation is 1. The van der Waals surface area contributed by atoms with Gasteiger partial charge in [-0.3, -0.25) is 9.58 Å². The van der Waals surface area contributed by atoms with Crippen LogP contribution in [0.25, 0.3) is 22.2 Å². The van der Waals surface area contributed by atoms with Gasteiger partial charge in [0.15, 0.2) is 5.82 Å². The molecule has 8 nitrogen and oxygen atoms in total. The minimum absolute atomic E-state index is 0.258. The number of nitrogens with one attached hydrogen (secondary N) is 1. The number of anilines is 2. The second-order valence-electron chi connectivity index (χ2n) is 11.1. The number of aromatic nitrogens is 5. The first-order valence-corrected chi connectivity index (χ1v) is 13.5. The van der Waals surface area contributed by atoms with Crippen molar-refractivity contribution >= 4 is 22.7 Å². The molecule has 38 heavy (non-hydrogen) atoms. The molecule has 1 N–H and O–H groups in total. The molecule has 9 heteroatoms. The van der Waals surface area contributed by atoms with Crippen LogP contribution >= 0.6 is 0 Å². The molecule has 0 unspecified atom stereocenters. The molecule has 0 saturated carbocycles. The third-order valence-electron chi connectivity index (χ3n) is 7.82. The van der Waals surface area contributed by atoms with Crippen LogP contribution < -0.4 is 5.32 Å². The second kappa shape index (κ2) is 10.0. The van der Waals surface area contributed by atoms with Gasteiger partial charge in [-0.25, -0.2) is 19.3 Å². The number of rotatable bonds is 6. The summed E-state index contributed by atoms with van der Waals surface area (Å²) in [7, 11) is 4.15. The van der Waals surface area contributed by atoms with Crippen LogP contribution in [0.4, 0.5) is 16.2 Å². The van der Waals surface area contributed by atoms with E-state index in [0.29, 0.717) is 23.2 Å². The Kier molecular flexibility index (Phi) is 6.57. The molecule has 0 amide bonds. The molecular weight excluding hydrogens is 479 g/mol. The van der Waals surface area contributed by atoms with E-state index in [4.69, 9.17) is 4.98 Å². The predicted molar refractivity (Wildman–Crippen MR) is 148 cm³/mol. The summed E-state index contributed by atoms with van der Waals surface area (Å²) in [6.07, 6.45) is 3.43. The molecule has 1 atom stereocenters. The molecule has 5 heterocycles. The first kappa shape index (κ1) is 24.9. The molecule has 1 aromatic carbocycles. The Balaban J connectivity index is 1.20. The molecule has 1 fully saturated rings. The minimum atomic E-state index is -0.461. The minimum Gasteiger partial charge on any atom is -0.309 e. The van der Waals surface area contributed by atoms with E-state index < -0.39 is 5.82 Å². The van der Waals surface area contributed by atoms with Crippen molar-refractivity contribution in [2.24, 2.45) is 13.0 Å². The van der Waals surface area contributed by atoms with E-state index in [-0.39, 0.29) is 5.69 Å². The fourth-order valence-electron chi connectivity index (χ4n) is 6.04. The SMILES string of the molecule is CC(C)c1c2cc(-c3nc(Nc4ccc5c(n4)CCN(C[C@@H]4CCN(C)C4)C5)ncc3F)ccc2nn1C. The Hall–Kier alpha value is -3.43. The highest BCUT2D eigenvalue weighted by atomic mass is 19.1. The highest BCUT2D eigenvalue weighted by Crippen LogP contribution is 2.31. The van der Waals surface area contributed by atoms with Gasteiger partial charge in [-0.05, 0) is 55.6 Å². The summed E-state index contributed by atoms with van der Waals surface area (Å²) in [6, 6.07) is 9.87. The number of hydrogen-bond acceptors (Lipinski definition) is 7. The molecule has 3 aromatic heterocycles. The molecule has 0 spiro atoms. The van der Waals surface area contributed by atoms with Crippen LogP contribution in [0, 0.1) is 11.7 Å². The molecule has 0 aliphatic carbocycles. The first-order chi connectivity index (χ1) is 18.3. The Morgan fingerprint density at radius 1 is 1.11 bits per heavy atom. The quantitative estimate of drug-likeness (QED) is 0.398. The highest BCUT2D eigenvalue weighted by Gasteiger charge is 2.25. The number of likely N-dealkylation sites (tertiary alicyclic amines) is 1. The summed E-state index contributed by atoms with van der Waals surface area (Å²) in [5.41, 5.74) is 5.35. The molecule has 0 bridgehead atoms. The van der Waals surface area contributed by atoms with E-state index in [1.165, 1.54) is 31.3 Å². The van der Waals surface area contributed by atoms with Gasteiger partial charge >= 0.3 is 0 Å². The van der Waals surface area contributed by atoms with Crippen LogP contribution in [-0.4, -0.2) is 67.8 Å². The van der Waals surface area contributed by atoms with Crippen LogP contribution in [0.15, 0.2) is 36.5 Å². The molecule has 1 saturated heterocycles. The monoisotopic (exact) mass is 514 g/mol. The average molecular weight is 515 g/mol. The van der Waals surface area contributed by atoms with Crippen LogP contribution in [0.5, 0.6) is 0 Å². The van der Waals surface area contributed by atoms with E-state index in [9.17, 15) is 4.39 Å². The lowest BCUT2D eigenvalue weighted by Crippen LogP contribution is -2.35. The maximum atomic E-state index is 14.9. The number of fused-ring (bicyclic) bond motifs is 2. The summed E-state index contributed by atoms with van der Waals surface area (Å²) >= 11 is 0. The van der Waals surface area contributed by atoms with Gasteiger partial charge in [0.05, 0.1) is 11.7 Å². The van der Waals surface area contributed by atoms with Crippen LogP contribution in [0.3, 0.4) is 0 Å². The Morgan fingerprint density at radius 2 is 1.97 bits per heavy atom. The van der Waals surface area contributed by atoms with Gasteiger partial charge in [0.25, 0.3) is 0 Å². The van der Waals surface area contributed by atoms with Gasteiger partial charge in [0.2, 0.25) is 5.95 Å². The maximum absolute atomic E-state index is 14.9. The van der Waals surface area contributed by atoms with Gasteiger partial charge in [-0.1, -0.05) is 26.0 Å². The van der Waals surface area contributed by atoms with Crippen molar-refractivity contribution in [2.45, 2.75) is 39.2 Å². The predicted octanol–water partition coefficient (Wildman–Crippen LogP) is 4.74. The highest BCUT2D eigenvalue weighted by molar-refractivity contribution is 5.86. The van der Waals surface area contributed by atoms with Gasteiger partial charge in [0.1, 0.15) is 11.5 Å². The van der Waals surface area contributed by atoms with Gasteiger partial charge in [0, 0.05) is 62.0 Å². The summed E-state index contributed by atoms with van der Waals surface area (Å²) in [5.74, 6) is 1.59. The van der Waals surface area contributed by atoms with Gasteiger partial charge in [-0.2, -0.15) is 5.10 Å². The summed E-state index contributed by atoms with van der Waals surface area (Å²) < 4.78 is 16.8. The van der Waals surface area contributed by atoms with E-state index in [1.54, 1.807) is 0 Å². The normalized spacial score (nSPS) is 18.4. The van der Waals surface area contributed by atoms with E-state index >= 15 is 0 Å². The summed E-state index contributed by atoms with van der Waals surface area (Å²) in [6.45, 7) is 9.78. The zero-order valence-corrected chi connectivity index (χ0v) is 22.6. The molecule has 4 aromatic rings. The molecule has 2 aliphatic rings. The van der Waals surface area contributed by atoms with E-state index in [1.807, 2.05) is 36.0 Å². The van der Waals surface area contributed by atoms with Gasteiger partial charge < -0.3 is 10.2 Å². The van der Waals surface area contributed by atoms with Gasteiger partial charge in [-0.15, -0.1) is 0 Å². The van der Waals surface area contributed by atoms with Crippen molar-refractivity contribution in [1.82, 2.24) is 34.5 Å². The molecule has 0 radical (unpaired) electrons. The van der Waals surface area contributed by atoms with Crippen LogP contribution in [-0.2, 0) is 20.0 Å². The van der Waals surface area contributed by atoms with Crippen molar-refractivity contribution in [3.63, 3.8) is 0 Å². The van der Waals surface area contributed by atoms with Crippen LogP contribution in [0.2, 0.25) is 0 Å². The van der Waals surface area contributed by atoms with Crippen LogP contribution in [0.1, 0.15) is 43.1 Å². The topological polar surface area (TPSA) is 75.0 Å². The van der Waals surface area contributed by atoms with E-state index in [0.717, 1.165) is 54.3 Å². The second-order valence-corrected chi connectivity index (χ2v) is 11.1. The van der Waals surface area contributed by atoms with Crippen molar-refractivity contribution < 1.29 is 4.39 Å². The Bertz CT molecular complexity index is 1480. The van der Waals surface area contributed by atoms with E-state index in [2.05, 4.69) is 57.1 Å². The molecular formula is C29H35FN8. The smallest absolute Gasteiger partial charge is 0.229 e. The average Bonchev–Trinajstić information content (AvgIpc) is 3.46. The lowest BCUT2D eigenvalue weighted by molar-refractivity contribution is 0.212.